The lowest BCUT2D eigenvalue weighted by Crippen LogP contribution is -2.05. The van der Waals surface area contributed by atoms with Gasteiger partial charge < -0.3 is 10.5 Å². The molecule has 0 saturated heterocycles. The molecule has 0 atom stereocenters. The van der Waals surface area contributed by atoms with E-state index in [4.69, 9.17) is 22.1 Å². The second-order valence-electron chi connectivity index (χ2n) is 3.81. The maximum absolute atomic E-state index is 12.5. The van der Waals surface area contributed by atoms with E-state index in [-0.39, 0.29) is 5.75 Å². The topological polar surface area (TPSA) is 35.2 Å². The third-order valence-corrected chi connectivity index (χ3v) is 2.67. The van der Waals surface area contributed by atoms with Crippen molar-refractivity contribution in [2.75, 3.05) is 5.73 Å². The average Bonchev–Trinajstić information content (AvgIpc) is 2.30. The van der Waals surface area contributed by atoms with E-state index >= 15 is 0 Å². The molecule has 19 heavy (non-hydrogen) atoms. The fourth-order valence-electron chi connectivity index (χ4n) is 1.46. The molecule has 0 aliphatic rings. The molecule has 6 heteroatoms. The van der Waals surface area contributed by atoms with Crippen molar-refractivity contribution in [1.82, 2.24) is 0 Å². The Kier molecular flexibility index (Phi) is 3.57. The van der Waals surface area contributed by atoms with Crippen molar-refractivity contribution < 1.29 is 17.9 Å². The molecule has 0 unspecified atom stereocenters. The van der Waals surface area contributed by atoms with Crippen LogP contribution in [0.4, 0.5) is 18.9 Å². The SMILES string of the molecule is Nc1ccc(Oc2ccc(C(F)(F)F)c(Cl)c2)cc1. The van der Waals surface area contributed by atoms with Gasteiger partial charge in [-0.3, -0.25) is 0 Å². The smallest absolute Gasteiger partial charge is 0.417 e. The minimum Gasteiger partial charge on any atom is -0.457 e. The molecule has 0 bridgehead atoms. The molecule has 0 saturated carbocycles. The highest BCUT2D eigenvalue weighted by Crippen LogP contribution is 2.37. The van der Waals surface area contributed by atoms with Gasteiger partial charge in [-0.15, -0.1) is 0 Å². The van der Waals surface area contributed by atoms with Crippen LogP contribution in [0.3, 0.4) is 0 Å². The summed E-state index contributed by atoms with van der Waals surface area (Å²) in [7, 11) is 0. The van der Waals surface area contributed by atoms with E-state index in [9.17, 15) is 13.2 Å². The number of benzene rings is 2. The predicted octanol–water partition coefficient (Wildman–Crippen LogP) is 4.73. The van der Waals surface area contributed by atoms with Crippen LogP contribution in [0, 0.1) is 0 Å². The van der Waals surface area contributed by atoms with Crippen LogP contribution in [0.25, 0.3) is 0 Å². The van der Waals surface area contributed by atoms with Gasteiger partial charge in [0.15, 0.2) is 0 Å². The first-order chi connectivity index (χ1) is 8.86. The van der Waals surface area contributed by atoms with Gasteiger partial charge in [0.1, 0.15) is 11.5 Å². The zero-order chi connectivity index (χ0) is 14.0. The molecule has 2 nitrogen and oxygen atoms in total. The third kappa shape index (κ3) is 3.32. The molecule has 2 aromatic rings. The molecule has 0 aliphatic carbocycles. The first-order valence-corrected chi connectivity index (χ1v) is 5.64. The Morgan fingerprint density at radius 3 is 2.05 bits per heavy atom. The molecule has 0 amide bonds. The molecule has 0 aliphatic heterocycles. The van der Waals surface area contributed by atoms with E-state index in [1.165, 1.54) is 6.07 Å². The Balaban J connectivity index is 2.23. The van der Waals surface area contributed by atoms with Crippen molar-refractivity contribution in [2.45, 2.75) is 6.18 Å². The number of halogens is 4. The molecular weight excluding hydrogens is 279 g/mol. The molecule has 0 fully saturated rings. The molecule has 0 spiro atoms. The van der Waals surface area contributed by atoms with Crippen LogP contribution in [-0.2, 0) is 6.18 Å². The van der Waals surface area contributed by atoms with Crippen molar-refractivity contribution in [2.24, 2.45) is 0 Å². The third-order valence-electron chi connectivity index (χ3n) is 2.36. The largest absolute Gasteiger partial charge is 0.457 e. The van der Waals surface area contributed by atoms with E-state index in [2.05, 4.69) is 0 Å². The van der Waals surface area contributed by atoms with Crippen molar-refractivity contribution in [3.05, 3.63) is 53.1 Å². The molecule has 100 valence electrons. The van der Waals surface area contributed by atoms with Crippen molar-refractivity contribution in [3.8, 4) is 11.5 Å². The van der Waals surface area contributed by atoms with E-state index < -0.39 is 16.8 Å². The van der Waals surface area contributed by atoms with Crippen LogP contribution in [0.1, 0.15) is 5.56 Å². The van der Waals surface area contributed by atoms with Crippen molar-refractivity contribution in [3.63, 3.8) is 0 Å². The van der Waals surface area contributed by atoms with Crippen LogP contribution in [0.15, 0.2) is 42.5 Å². The fourth-order valence-corrected chi connectivity index (χ4v) is 1.74. The molecule has 0 heterocycles. The van der Waals surface area contributed by atoms with Crippen LogP contribution in [0.5, 0.6) is 11.5 Å². The molecule has 2 aromatic carbocycles. The van der Waals surface area contributed by atoms with Gasteiger partial charge in [0.25, 0.3) is 0 Å². The summed E-state index contributed by atoms with van der Waals surface area (Å²) >= 11 is 5.59. The predicted molar refractivity (Wildman–Crippen MR) is 67.4 cm³/mol. The van der Waals surface area contributed by atoms with Gasteiger partial charge in [-0.1, -0.05) is 11.6 Å². The average molecular weight is 288 g/mol. The second-order valence-corrected chi connectivity index (χ2v) is 4.22. The summed E-state index contributed by atoms with van der Waals surface area (Å²) in [5.74, 6) is 0.688. The summed E-state index contributed by atoms with van der Waals surface area (Å²) < 4.78 is 42.9. The van der Waals surface area contributed by atoms with Gasteiger partial charge in [-0.2, -0.15) is 13.2 Å². The van der Waals surface area contributed by atoms with Gasteiger partial charge >= 0.3 is 6.18 Å². The van der Waals surface area contributed by atoms with Crippen LogP contribution in [0.2, 0.25) is 5.02 Å². The van der Waals surface area contributed by atoms with Gasteiger partial charge in [-0.05, 0) is 36.4 Å². The van der Waals surface area contributed by atoms with E-state index in [0.29, 0.717) is 11.4 Å². The Hall–Kier alpha value is -1.88. The lowest BCUT2D eigenvalue weighted by molar-refractivity contribution is -0.137. The summed E-state index contributed by atoms with van der Waals surface area (Å²) in [6, 6.07) is 9.70. The Labute approximate surface area is 112 Å². The number of nitrogens with two attached hydrogens (primary N) is 1. The maximum Gasteiger partial charge on any atom is 0.417 e. The normalized spacial score (nSPS) is 11.4. The molecular formula is C13H9ClF3NO. The summed E-state index contributed by atoms with van der Waals surface area (Å²) in [6.45, 7) is 0. The Bertz CT molecular complexity index is 581. The molecule has 2 rings (SSSR count). The lowest BCUT2D eigenvalue weighted by Gasteiger charge is -2.11. The highest BCUT2D eigenvalue weighted by atomic mass is 35.5. The van der Waals surface area contributed by atoms with E-state index in [0.717, 1.165) is 12.1 Å². The summed E-state index contributed by atoms with van der Waals surface area (Å²) in [4.78, 5) is 0. The molecule has 0 radical (unpaired) electrons. The summed E-state index contributed by atoms with van der Waals surface area (Å²) in [5.41, 5.74) is 5.19. The second kappa shape index (κ2) is 5.01. The number of anilines is 1. The van der Waals surface area contributed by atoms with E-state index in [1.807, 2.05) is 0 Å². The lowest BCUT2D eigenvalue weighted by atomic mass is 10.2. The van der Waals surface area contributed by atoms with Crippen LogP contribution < -0.4 is 10.5 Å². The number of alkyl halides is 3. The van der Waals surface area contributed by atoms with Gasteiger partial charge in [-0.25, -0.2) is 0 Å². The highest BCUT2D eigenvalue weighted by molar-refractivity contribution is 6.31. The highest BCUT2D eigenvalue weighted by Gasteiger charge is 2.33. The van der Waals surface area contributed by atoms with E-state index in [1.54, 1.807) is 24.3 Å². The monoisotopic (exact) mass is 287 g/mol. The Morgan fingerprint density at radius 2 is 1.53 bits per heavy atom. The Morgan fingerprint density at radius 1 is 0.947 bits per heavy atom. The van der Waals surface area contributed by atoms with Gasteiger partial charge in [0.05, 0.1) is 10.6 Å². The van der Waals surface area contributed by atoms with Gasteiger partial charge in [0, 0.05) is 11.8 Å². The number of rotatable bonds is 2. The van der Waals surface area contributed by atoms with Crippen molar-refractivity contribution >= 4 is 17.3 Å². The van der Waals surface area contributed by atoms with Gasteiger partial charge in [0.2, 0.25) is 0 Å². The van der Waals surface area contributed by atoms with Crippen LogP contribution in [-0.4, -0.2) is 0 Å². The number of ether oxygens (including phenoxy) is 1. The quantitative estimate of drug-likeness (QED) is 0.810. The number of hydrogen-bond donors (Lipinski definition) is 1. The first kappa shape index (κ1) is 13.5. The zero-order valence-corrected chi connectivity index (χ0v) is 10.3. The fraction of sp³-hybridized carbons (Fsp3) is 0.0769. The molecule has 2 N–H and O–H groups in total. The standard InChI is InChI=1S/C13H9ClF3NO/c14-12-7-10(5-6-11(12)13(15,16)17)19-9-3-1-8(18)2-4-9/h1-7H,18H2. The number of hydrogen-bond acceptors (Lipinski definition) is 2. The minimum atomic E-state index is -4.48. The van der Waals surface area contributed by atoms with Crippen molar-refractivity contribution in [1.29, 1.82) is 0 Å². The maximum atomic E-state index is 12.5. The minimum absolute atomic E-state index is 0.225. The summed E-state index contributed by atoms with van der Waals surface area (Å²) in [5, 5.41) is -0.402. The number of nitrogen functional groups attached to an aromatic ring is 1. The van der Waals surface area contributed by atoms with Crippen LogP contribution >= 0.6 is 11.6 Å². The zero-order valence-electron chi connectivity index (χ0n) is 9.54. The first-order valence-electron chi connectivity index (χ1n) is 5.26. The molecule has 0 aromatic heterocycles. The summed E-state index contributed by atoms with van der Waals surface area (Å²) in [6.07, 6.45) is -4.48.